The van der Waals surface area contributed by atoms with E-state index in [9.17, 15) is 0 Å². The molecule has 0 saturated carbocycles. The van der Waals surface area contributed by atoms with Gasteiger partial charge in [-0.2, -0.15) is 0 Å². The zero-order chi connectivity index (χ0) is 9.64. The van der Waals surface area contributed by atoms with Crippen LogP contribution in [0.15, 0.2) is 11.7 Å². The van der Waals surface area contributed by atoms with Gasteiger partial charge in [0, 0.05) is 30.2 Å². The summed E-state index contributed by atoms with van der Waals surface area (Å²) in [5.74, 6) is 0. The molecule has 1 unspecified atom stereocenters. The van der Waals surface area contributed by atoms with Crippen molar-refractivity contribution < 1.29 is 0 Å². The minimum Gasteiger partial charge on any atom is -0.313 e. The number of rotatable bonds is 4. The Morgan fingerprint density at radius 3 is 3.29 bits per heavy atom. The quantitative estimate of drug-likeness (QED) is 0.790. The zero-order valence-corrected chi connectivity index (χ0v) is 9.15. The third-order valence-electron chi connectivity index (χ3n) is 2.59. The van der Waals surface area contributed by atoms with Crippen LogP contribution in [0, 0.1) is 0 Å². The van der Waals surface area contributed by atoms with Gasteiger partial charge in [-0.3, -0.25) is 4.98 Å². The van der Waals surface area contributed by atoms with Crippen LogP contribution in [0.5, 0.6) is 0 Å². The minimum absolute atomic E-state index is 0.677. The van der Waals surface area contributed by atoms with Gasteiger partial charge in [-0.1, -0.05) is 6.42 Å². The molecule has 1 aromatic heterocycles. The van der Waals surface area contributed by atoms with Crippen molar-refractivity contribution in [3.63, 3.8) is 0 Å². The SMILES string of the molecule is c1ncc(CNCC2CCCCN2)s1. The highest BCUT2D eigenvalue weighted by Gasteiger charge is 2.11. The molecular formula is C10H17N3S. The summed E-state index contributed by atoms with van der Waals surface area (Å²) in [7, 11) is 0. The fraction of sp³-hybridized carbons (Fsp3) is 0.700. The summed E-state index contributed by atoms with van der Waals surface area (Å²) in [6, 6.07) is 0.677. The molecule has 0 amide bonds. The maximum atomic E-state index is 4.05. The fourth-order valence-electron chi connectivity index (χ4n) is 1.80. The van der Waals surface area contributed by atoms with Crippen molar-refractivity contribution in [3.8, 4) is 0 Å². The Morgan fingerprint density at radius 2 is 2.57 bits per heavy atom. The lowest BCUT2D eigenvalue weighted by molar-refractivity contribution is 0.383. The number of aromatic nitrogens is 1. The smallest absolute Gasteiger partial charge is 0.0794 e. The number of hydrogen-bond donors (Lipinski definition) is 2. The monoisotopic (exact) mass is 211 g/mol. The Labute approximate surface area is 88.9 Å². The topological polar surface area (TPSA) is 37.0 Å². The highest BCUT2D eigenvalue weighted by Crippen LogP contribution is 2.07. The van der Waals surface area contributed by atoms with Crippen LogP contribution in [0.25, 0.3) is 0 Å². The third kappa shape index (κ3) is 3.04. The highest BCUT2D eigenvalue weighted by molar-refractivity contribution is 7.09. The van der Waals surface area contributed by atoms with Crippen molar-refractivity contribution in [1.82, 2.24) is 15.6 Å². The van der Waals surface area contributed by atoms with Crippen LogP contribution in [0.4, 0.5) is 0 Å². The summed E-state index contributed by atoms with van der Waals surface area (Å²) in [5, 5.41) is 6.99. The van der Waals surface area contributed by atoms with Gasteiger partial charge >= 0.3 is 0 Å². The molecule has 0 spiro atoms. The molecule has 0 bridgehead atoms. The molecule has 14 heavy (non-hydrogen) atoms. The molecule has 1 aliphatic heterocycles. The predicted octanol–water partition coefficient (Wildman–Crippen LogP) is 1.37. The molecule has 0 aliphatic carbocycles. The number of nitrogens with zero attached hydrogens (tertiary/aromatic N) is 1. The third-order valence-corrected chi connectivity index (χ3v) is 3.37. The van der Waals surface area contributed by atoms with E-state index in [1.165, 1.54) is 30.7 Å². The van der Waals surface area contributed by atoms with Crippen molar-refractivity contribution >= 4 is 11.3 Å². The molecule has 1 saturated heterocycles. The molecule has 1 aromatic rings. The molecule has 1 aliphatic rings. The van der Waals surface area contributed by atoms with E-state index in [1.54, 1.807) is 11.3 Å². The Morgan fingerprint density at radius 1 is 1.57 bits per heavy atom. The standard InChI is InChI=1S/C10H17N3S/c1-2-4-13-9(3-1)5-11-6-10-7-12-8-14-10/h7-9,11,13H,1-6H2. The fourth-order valence-corrected chi connectivity index (χ4v) is 2.36. The maximum absolute atomic E-state index is 4.05. The lowest BCUT2D eigenvalue weighted by Crippen LogP contribution is -2.41. The van der Waals surface area contributed by atoms with Gasteiger partial charge in [0.2, 0.25) is 0 Å². The molecule has 3 nitrogen and oxygen atoms in total. The molecule has 4 heteroatoms. The second-order valence-electron chi connectivity index (χ2n) is 3.75. The lowest BCUT2D eigenvalue weighted by atomic mass is 10.1. The minimum atomic E-state index is 0.677. The van der Waals surface area contributed by atoms with E-state index in [2.05, 4.69) is 15.6 Å². The van der Waals surface area contributed by atoms with Gasteiger partial charge in [0.05, 0.1) is 5.51 Å². The van der Waals surface area contributed by atoms with E-state index in [-0.39, 0.29) is 0 Å². The van der Waals surface area contributed by atoms with Gasteiger partial charge in [0.25, 0.3) is 0 Å². The summed E-state index contributed by atoms with van der Waals surface area (Å²) < 4.78 is 0. The lowest BCUT2D eigenvalue weighted by Gasteiger charge is -2.23. The van der Waals surface area contributed by atoms with E-state index in [0.29, 0.717) is 6.04 Å². The van der Waals surface area contributed by atoms with Gasteiger partial charge in [0.15, 0.2) is 0 Å². The zero-order valence-electron chi connectivity index (χ0n) is 8.33. The first-order chi connectivity index (χ1) is 6.95. The molecule has 1 atom stereocenters. The Bertz CT molecular complexity index is 242. The second kappa shape index (κ2) is 5.44. The number of piperidine rings is 1. The Hall–Kier alpha value is -0.450. The summed E-state index contributed by atoms with van der Waals surface area (Å²) in [6.45, 7) is 3.23. The number of hydrogen-bond acceptors (Lipinski definition) is 4. The summed E-state index contributed by atoms with van der Waals surface area (Å²) in [6.07, 6.45) is 5.97. The molecule has 78 valence electrons. The highest BCUT2D eigenvalue weighted by atomic mass is 32.1. The summed E-state index contributed by atoms with van der Waals surface area (Å²) in [5.41, 5.74) is 1.88. The van der Waals surface area contributed by atoms with Crippen molar-refractivity contribution in [2.24, 2.45) is 0 Å². The molecule has 2 rings (SSSR count). The molecule has 0 aromatic carbocycles. The van der Waals surface area contributed by atoms with Gasteiger partial charge < -0.3 is 10.6 Å². The molecule has 1 fully saturated rings. The first-order valence-electron chi connectivity index (χ1n) is 5.26. The van der Waals surface area contributed by atoms with Gasteiger partial charge in [-0.15, -0.1) is 11.3 Å². The molecule has 2 heterocycles. The average molecular weight is 211 g/mol. The van der Waals surface area contributed by atoms with Gasteiger partial charge in [0.1, 0.15) is 0 Å². The first-order valence-corrected chi connectivity index (χ1v) is 6.14. The number of nitrogens with one attached hydrogen (secondary N) is 2. The largest absolute Gasteiger partial charge is 0.313 e. The van der Waals surface area contributed by atoms with Crippen LogP contribution in [0.2, 0.25) is 0 Å². The molecule has 2 N–H and O–H groups in total. The van der Waals surface area contributed by atoms with Crippen molar-refractivity contribution in [3.05, 3.63) is 16.6 Å². The van der Waals surface area contributed by atoms with Gasteiger partial charge in [-0.05, 0) is 19.4 Å². The van der Waals surface area contributed by atoms with Crippen LogP contribution < -0.4 is 10.6 Å². The average Bonchev–Trinajstić information content (AvgIpc) is 2.72. The van der Waals surface area contributed by atoms with Crippen LogP contribution >= 0.6 is 11.3 Å². The first kappa shape index (κ1) is 10.1. The van der Waals surface area contributed by atoms with E-state index in [1.807, 2.05) is 11.7 Å². The van der Waals surface area contributed by atoms with E-state index < -0.39 is 0 Å². The molecular weight excluding hydrogens is 194 g/mol. The molecule has 0 radical (unpaired) electrons. The Kier molecular flexibility index (Phi) is 3.91. The second-order valence-corrected chi connectivity index (χ2v) is 4.72. The van der Waals surface area contributed by atoms with E-state index in [0.717, 1.165) is 13.1 Å². The van der Waals surface area contributed by atoms with Crippen LogP contribution in [-0.2, 0) is 6.54 Å². The van der Waals surface area contributed by atoms with Crippen LogP contribution in [0.1, 0.15) is 24.1 Å². The number of thiazole rings is 1. The van der Waals surface area contributed by atoms with Crippen LogP contribution in [0.3, 0.4) is 0 Å². The van der Waals surface area contributed by atoms with Crippen molar-refractivity contribution in [1.29, 1.82) is 0 Å². The predicted molar refractivity (Wildman–Crippen MR) is 59.5 cm³/mol. The van der Waals surface area contributed by atoms with Crippen molar-refractivity contribution in [2.75, 3.05) is 13.1 Å². The normalized spacial score (nSPS) is 22.4. The maximum Gasteiger partial charge on any atom is 0.0794 e. The summed E-state index contributed by atoms with van der Waals surface area (Å²) >= 11 is 1.72. The summed E-state index contributed by atoms with van der Waals surface area (Å²) in [4.78, 5) is 5.37. The van der Waals surface area contributed by atoms with Gasteiger partial charge in [-0.25, -0.2) is 0 Å². The van der Waals surface area contributed by atoms with E-state index in [4.69, 9.17) is 0 Å². The van der Waals surface area contributed by atoms with E-state index >= 15 is 0 Å². The van der Waals surface area contributed by atoms with Crippen molar-refractivity contribution in [2.45, 2.75) is 31.8 Å². The van der Waals surface area contributed by atoms with Crippen LogP contribution in [-0.4, -0.2) is 24.1 Å². The Balaban J connectivity index is 1.62.